The molecule has 0 heterocycles. The van der Waals surface area contributed by atoms with E-state index < -0.39 is 16.1 Å². The Balaban J connectivity index is 2.89. The Bertz CT molecular complexity index is 496. The molecule has 0 aliphatic carbocycles. The van der Waals surface area contributed by atoms with Crippen LogP contribution in [0.15, 0.2) is 29.2 Å². The fourth-order valence-corrected chi connectivity index (χ4v) is 2.66. The van der Waals surface area contributed by atoms with Crippen LogP contribution in [0.5, 0.6) is 0 Å². The van der Waals surface area contributed by atoms with E-state index in [0.717, 1.165) is 5.56 Å². The quantitative estimate of drug-likeness (QED) is 0.828. The van der Waals surface area contributed by atoms with Gasteiger partial charge in [0, 0.05) is 0 Å². The topological polar surface area (TPSA) is 63.2 Å². The molecular formula is C11H14ClNO3S. The van der Waals surface area contributed by atoms with Gasteiger partial charge in [0.05, 0.1) is 16.8 Å². The van der Waals surface area contributed by atoms with Crippen LogP contribution < -0.4 is 4.72 Å². The molecule has 1 aromatic carbocycles. The van der Waals surface area contributed by atoms with Crippen molar-refractivity contribution in [1.82, 2.24) is 4.72 Å². The zero-order valence-electron chi connectivity index (χ0n) is 9.60. The van der Waals surface area contributed by atoms with Gasteiger partial charge in [-0.05, 0) is 26.0 Å². The molecule has 1 N–H and O–H groups in total. The molecule has 6 heteroatoms. The van der Waals surface area contributed by atoms with E-state index in [1.807, 2.05) is 6.92 Å². The van der Waals surface area contributed by atoms with E-state index in [4.69, 9.17) is 11.6 Å². The van der Waals surface area contributed by atoms with Crippen molar-refractivity contribution in [2.45, 2.75) is 24.8 Å². The molecule has 94 valence electrons. The van der Waals surface area contributed by atoms with Crippen LogP contribution in [0.3, 0.4) is 0 Å². The summed E-state index contributed by atoms with van der Waals surface area (Å²) in [5, 5.41) is 0. The molecule has 0 spiro atoms. The van der Waals surface area contributed by atoms with Crippen LogP contribution in [-0.2, 0) is 14.8 Å². The summed E-state index contributed by atoms with van der Waals surface area (Å²) in [6.07, 6.45) is 0. The average molecular weight is 276 g/mol. The Morgan fingerprint density at radius 3 is 2.35 bits per heavy atom. The molecule has 0 radical (unpaired) electrons. The van der Waals surface area contributed by atoms with Gasteiger partial charge in [-0.1, -0.05) is 17.7 Å². The third kappa shape index (κ3) is 3.80. The van der Waals surface area contributed by atoms with E-state index in [0.29, 0.717) is 0 Å². The Morgan fingerprint density at radius 1 is 1.35 bits per heavy atom. The number of halogens is 1. The first-order chi connectivity index (χ1) is 7.86. The second-order valence-corrected chi connectivity index (χ2v) is 5.74. The second kappa shape index (κ2) is 5.62. The molecule has 1 atom stereocenters. The number of carbonyl (C=O) groups excluding carboxylic acids is 1. The largest absolute Gasteiger partial charge is 0.297 e. The zero-order valence-corrected chi connectivity index (χ0v) is 11.2. The first-order valence-electron chi connectivity index (χ1n) is 5.04. The lowest BCUT2D eigenvalue weighted by Crippen LogP contribution is -2.39. The molecule has 0 amide bonds. The molecule has 1 aromatic rings. The maximum absolute atomic E-state index is 11.9. The molecular weight excluding hydrogens is 262 g/mol. The van der Waals surface area contributed by atoms with Crippen LogP contribution in [0.1, 0.15) is 12.5 Å². The summed E-state index contributed by atoms with van der Waals surface area (Å²) in [7, 11) is -3.66. The normalized spacial score (nSPS) is 13.4. The van der Waals surface area contributed by atoms with E-state index in [2.05, 4.69) is 4.72 Å². The number of benzene rings is 1. The van der Waals surface area contributed by atoms with Gasteiger partial charge in [-0.3, -0.25) is 4.79 Å². The minimum Gasteiger partial charge on any atom is -0.297 e. The number of ketones is 1. The molecule has 0 saturated carbocycles. The highest BCUT2D eigenvalue weighted by atomic mass is 35.5. The van der Waals surface area contributed by atoms with Gasteiger partial charge in [0.25, 0.3) is 0 Å². The van der Waals surface area contributed by atoms with Crippen LogP contribution in [0.4, 0.5) is 0 Å². The number of Topliss-reactive ketones (excluding diaryl/α,β-unsaturated/α-hetero) is 1. The van der Waals surface area contributed by atoms with Gasteiger partial charge in [-0.15, -0.1) is 11.6 Å². The third-order valence-electron chi connectivity index (χ3n) is 2.28. The first kappa shape index (κ1) is 14.2. The van der Waals surface area contributed by atoms with E-state index in [-0.39, 0.29) is 16.6 Å². The van der Waals surface area contributed by atoms with Crippen molar-refractivity contribution in [2.75, 3.05) is 5.88 Å². The van der Waals surface area contributed by atoms with Gasteiger partial charge in [-0.2, -0.15) is 0 Å². The second-order valence-electron chi connectivity index (χ2n) is 3.76. The number of aryl methyl sites for hydroxylation is 1. The van der Waals surface area contributed by atoms with Crippen molar-refractivity contribution in [3.05, 3.63) is 29.8 Å². The van der Waals surface area contributed by atoms with Crippen LogP contribution >= 0.6 is 11.6 Å². The van der Waals surface area contributed by atoms with Crippen LogP contribution in [0.25, 0.3) is 0 Å². The number of alkyl halides is 1. The van der Waals surface area contributed by atoms with E-state index in [1.54, 1.807) is 12.1 Å². The predicted octanol–water partition coefficient (Wildman–Crippen LogP) is 1.47. The standard InChI is InChI=1S/C11H14ClNO3S/c1-8-3-5-10(6-4-8)17(15,16)13-9(2)11(14)7-12/h3-6,9,13H,7H2,1-2H3/t9-/m1/s1. The zero-order chi connectivity index (χ0) is 13.1. The molecule has 0 aromatic heterocycles. The molecule has 0 fully saturated rings. The number of hydrogen-bond acceptors (Lipinski definition) is 3. The smallest absolute Gasteiger partial charge is 0.241 e. The van der Waals surface area contributed by atoms with Crippen molar-refractivity contribution in [3.63, 3.8) is 0 Å². The molecule has 1 rings (SSSR count). The van der Waals surface area contributed by atoms with Crippen molar-refractivity contribution in [1.29, 1.82) is 0 Å². The molecule has 0 bridgehead atoms. The SMILES string of the molecule is Cc1ccc(S(=O)(=O)N[C@H](C)C(=O)CCl)cc1. The number of hydrogen-bond donors (Lipinski definition) is 1. The van der Waals surface area contributed by atoms with E-state index >= 15 is 0 Å². The monoisotopic (exact) mass is 275 g/mol. The van der Waals surface area contributed by atoms with Gasteiger partial charge >= 0.3 is 0 Å². The van der Waals surface area contributed by atoms with Gasteiger partial charge < -0.3 is 0 Å². The van der Waals surface area contributed by atoms with Crippen LogP contribution in [0.2, 0.25) is 0 Å². The molecule has 17 heavy (non-hydrogen) atoms. The predicted molar refractivity (Wildman–Crippen MR) is 66.7 cm³/mol. The molecule has 0 unspecified atom stereocenters. The van der Waals surface area contributed by atoms with Crippen LogP contribution in [0, 0.1) is 6.92 Å². The molecule has 0 aliphatic rings. The lowest BCUT2D eigenvalue weighted by molar-refractivity contribution is -0.117. The van der Waals surface area contributed by atoms with Crippen molar-refractivity contribution < 1.29 is 13.2 Å². The lowest BCUT2D eigenvalue weighted by atomic mass is 10.2. The fourth-order valence-electron chi connectivity index (χ4n) is 1.20. The van der Waals surface area contributed by atoms with Gasteiger partial charge in [0.15, 0.2) is 5.78 Å². The van der Waals surface area contributed by atoms with E-state index in [9.17, 15) is 13.2 Å². The summed E-state index contributed by atoms with van der Waals surface area (Å²) < 4.78 is 26.0. The third-order valence-corrected chi connectivity index (χ3v) is 4.10. The molecule has 0 saturated heterocycles. The van der Waals surface area contributed by atoms with Crippen molar-refractivity contribution >= 4 is 27.4 Å². The van der Waals surface area contributed by atoms with Crippen molar-refractivity contribution in [2.24, 2.45) is 0 Å². The summed E-state index contributed by atoms with van der Waals surface area (Å²) in [6, 6.07) is 5.56. The summed E-state index contributed by atoms with van der Waals surface area (Å²) in [4.78, 5) is 11.4. The van der Waals surface area contributed by atoms with Gasteiger partial charge in [0.1, 0.15) is 0 Å². The van der Waals surface area contributed by atoms with E-state index in [1.165, 1.54) is 19.1 Å². The van der Waals surface area contributed by atoms with Crippen LogP contribution in [-0.4, -0.2) is 26.1 Å². The first-order valence-corrected chi connectivity index (χ1v) is 7.06. The minimum absolute atomic E-state index is 0.136. The number of rotatable bonds is 5. The summed E-state index contributed by atoms with van der Waals surface area (Å²) in [5.41, 5.74) is 0.967. The molecule has 4 nitrogen and oxygen atoms in total. The Morgan fingerprint density at radius 2 is 1.88 bits per heavy atom. The maximum Gasteiger partial charge on any atom is 0.241 e. The Labute approximate surface area is 106 Å². The summed E-state index contributed by atoms with van der Waals surface area (Å²) >= 11 is 5.36. The highest BCUT2D eigenvalue weighted by Gasteiger charge is 2.20. The fraction of sp³-hybridized carbons (Fsp3) is 0.364. The maximum atomic E-state index is 11.9. The minimum atomic E-state index is -3.66. The summed E-state index contributed by atoms with van der Waals surface area (Å²) in [6.45, 7) is 3.33. The number of carbonyl (C=O) groups is 1. The number of nitrogens with one attached hydrogen (secondary N) is 1. The lowest BCUT2D eigenvalue weighted by Gasteiger charge is -2.12. The highest BCUT2D eigenvalue weighted by molar-refractivity contribution is 7.89. The van der Waals surface area contributed by atoms with Gasteiger partial charge in [0.2, 0.25) is 10.0 Å². The summed E-state index contributed by atoms with van der Waals surface area (Å²) in [5.74, 6) is -0.570. The number of sulfonamides is 1. The Hall–Kier alpha value is -0.910. The average Bonchev–Trinajstić information content (AvgIpc) is 2.27. The Kier molecular flexibility index (Phi) is 4.68. The van der Waals surface area contributed by atoms with Gasteiger partial charge in [-0.25, -0.2) is 13.1 Å². The highest BCUT2D eigenvalue weighted by Crippen LogP contribution is 2.10. The van der Waals surface area contributed by atoms with Crippen molar-refractivity contribution in [3.8, 4) is 0 Å². The molecule has 0 aliphatic heterocycles.